The van der Waals surface area contributed by atoms with Gasteiger partial charge in [0.15, 0.2) is 0 Å². The lowest BCUT2D eigenvalue weighted by Gasteiger charge is -2.33. The summed E-state index contributed by atoms with van der Waals surface area (Å²) in [5.41, 5.74) is 2.02. The van der Waals surface area contributed by atoms with Gasteiger partial charge in [-0.3, -0.25) is 9.59 Å². The van der Waals surface area contributed by atoms with E-state index in [1.807, 2.05) is 38.1 Å². The second-order valence-corrected chi connectivity index (χ2v) is 9.73. The van der Waals surface area contributed by atoms with Gasteiger partial charge in [-0.25, -0.2) is 4.79 Å². The topological polar surface area (TPSA) is 87.7 Å². The van der Waals surface area contributed by atoms with Crippen molar-refractivity contribution in [2.24, 2.45) is 0 Å². The van der Waals surface area contributed by atoms with E-state index in [1.54, 1.807) is 45.9 Å². The minimum atomic E-state index is -1.000. The Labute approximate surface area is 212 Å². The highest BCUT2D eigenvalue weighted by Gasteiger charge is 2.35. The molecule has 0 spiro atoms. The number of alkyl carbamates (subject to hydrolysis) is 1. The fraction of sp³-hybridized carbons (Fsp3) is 0.370. The van der Waals surface area contributed by atoms with Crippen LogP contribution in [0.2, 0.25) is 5.02 Å². The Kier molecular flexibility index (Phi) is 9.48. The van der Waals surface area contributed by atoms with Gasteiger partial charge in [-0.05, 0) is 64.3 Å². The summed E-state index contributed by atoms with van der Waals surface area (Å²) in [7, 11) is 0. The van der Waals surface area contributed by atoms with Crippen molar-refractivity contribution in [1.29, 1.82) is 0 Å². The lowest BCUT2D eigenvalue weighted by atomic mass is 9.98. The third-order valence-electron chi connectivity index (χ3n) is 5.23. The van der Waals surface area contributed by atoms with Gasteiger partial charge in [0.2, 0.25) is 5.91 Å². The first-order valence-corrected chi connectivity index (χ1v) is 11.8. The molecule has 0 aromatic heterocycles. The van der Waals surface area contributed by atoms with Crippen molar-refractivity contribution >= 4 is 35.2 Å². The SMILES string of the molecule is C=CCN(C(=O)C(C)NC(=O)OC(C)(C)C)C(C(=O)Nc1c(C)cccc1Cl)c1ccccc1C. The van der Waals surface area contributed by atoms with Crippen molar-refractivity contribution in [2.75, 3.05) is 11.9 Å². The minimum Gasteiger partial charge on any atom is -0.444 e. The van der Waals surface area contributed by atoms with Crippen LogP contribution in [-0.4, -0.2) is 41.0 Å². The highest BCUT2D eigenvalue weighted by molar-refractivity contribution is 6.34. The molecule has 35 heavy (non-hydrogen) atoms. The van der Waals surface area contributed by atoms with Gasteiger partial charge in [0.05, 0.1) is 10.7 Å². The molecule has 2 unspecified atom stereocenters. The number of benzene rings is 2. The van der Waals surface area contributed by atoms with E-state index in [0.29, 0.717) is 16.3 Å². The monoisotopic (exact) mass is 499 g/mol. The fourth-order valence-corrected chi connectivity index (χ4v) is 3.85. The average molecular weight is 500 g/mol. The van der Waals surface area contributed by atoms with Crippen LogP contribution >= 0.6 is 11.6 Å². The molecule has 2 N–H and O–H groups in total. The number of carbonyl (C=O) groups is 3. The number of nitrogens with zero attached hydrogens (tertiary/aromatic N) is 1. The zero-order chi connectivity index (χ0) is 26.3. The Bertz CT molecular complexity index is 1070. The maximum absolute atomic E-state index is 13.7. The smallest absolute Gasteiger partial charge is 0.408 e. The molecular formula is C27H34ClN3O4. The van der Waals surface area contributed by atoms with Gasteiger partial charge < -0.3 is 20.3 Å². The summed E-state index contributed by atoms with van der Waals surface area (Å²) in [6, 6.07) is 10.7. The highest BCUT2D eigenvalue weighted by Crippen LogP contribution is 2.30. The molecule has 2 rings (SSSR count). The first kappa shape index (κ1) is 27.9. The lowest BCUT2D eigenvalue weighted by molar-refractivity contribution is -0.139. The minimum absolute atomic E-state index is 0.0765. The summed E-state index contributed by atoms with van der Waals surface area (Å²) in [6.07, 6.45) is 0.817. The average Bonchev–Trinajstić information content (AvgIpc) is 2.75. The van der Waals surface area contributed by atoms with Crippen LogP contribution < -0.4 is 10.6 Å². The molecule has 0 saturated carbocycles. The second-order valence-electron chi connectivity index (χ2n) is 9.33. The van der Waals surface area contributed by atoms with Crippen molar-refractivity contribution in [3.05, 3.63) is 76.8 Å². The molecule has 2 atom stereocenters. The van der Waals surface area contributed by atoms with Crippen molar-refractivity contribution in [1.82, 2.24) is 10.2 Å². The van der Waals surface area contributed by atoms with Crippen LogP contribution in [0.1, 0.15) is 50.4 Å². The molecule has 0 radical (unpaired) electrons. The first-order valence-electron chi connectivity index (χ1n) is 11.4. The number of ether oxygens (including phenoxy) is 1. The summed E-state index contributed by atoms with van der Waals surface area (Å²) in [4.78, 5) is 40.9. The van der Waals surface area contributed by atoms with Gasteiger partial charge in [0, 0.05) is 6.54 Å². The van der Waals surface area contributed by atoms with Crippen LogP contribution in [-0.2, 0) is 14.3 Å². The molecule has 0 aliphatic rings. The Morgan fingerprint density at radius 1 is 1.09 bits per heavy atom. The standard InChI is InChI=1S/C27H34ClN3O4/c1-8-16-31(25(33)19(4)29-26(34)35-27(5,6)7)23(20-14-10-9-12-17(20)2)24(32)30-22-18(3)13-11-15-21(22)28/h8-15,19,23H,1,16H2,2-7H3,(H,29,34)(H,30,32). The molecule has 188 valence electrons. The van der Waals surface area contributed by atoms with Crippen molar-refractivity contribution < 1.29 is 19.1 Å². The van der Waals surface area contributed by atoms with Gasteiger partial charge in [-0.1, -0.05) is 54.1 Å². The number of para-hydroxylation sites is 1. The number of carbonyl (C=O) groups excluding carboxylic acids is 3. The summed E-state index contributed by atoms with van der Waals surface area (Å²) >= 11 is 6.35. The van der Waals surface area contributed by atoms with E-state index in [2.05, 4.69) is 17.2 Å². The van der Waals surface area contributed by atoms with E-state index in [-0.39, 0.29) is 6.54 Å². The largest absolute Gasteiger partial charge is 0.444 e. The van der Waals surface area contributed by atoms with Gasteiger partial charge in [-0.15, -0.1) is 6.58 Å². The van der Waals surface area contributed by atoms with Gasteiger partial charge in [-0.2, -0.15) is 0 Å². The number of aryl methyl sites for hydroxylation is 2. The number of nitrogens with one attached hydrogen (secondary N) is 2. The molecule has 8 heteroatoms. The molecular weight excluding hydrogens is 466 g/mol. The number of hydrogen-bond acceptors (Lipinski definition) is 4. The predicted molar refractivity (Wildman–Crippen MR) is 139 cm³/mol. The summed E-state index contributed by atoms with van der Waals surface area (Å²) in [5.74, 6) is -0.898. The summed E-state index contributed by atoms with van der Waals surface area (Å²) < 4.78 is 5.28. The van der Waals surface area contributed by atoms with Crippen molar-refractivity contribution in [2.45, 2.75) is 59.2 Å². The van der Waals surface area contributed by atoms with E-state index in [1.165, 1.54) is 11.0 Å². The molecule has 0 aliphatic heterocycles. The van der Waals surface area contributed by atoms with Gasteiger partial charge in [0.1, 0.15) is 17.7 Å². The van der Waals surface area contributed by atoms with E-state index < -0.39 is 35.6 Å². The van der Waals surface area contributed by atoms with Crippen LogP contribution in [0.3, 0.4) is 0 Å². The van der Waals surface area contributed by atoms with Crippen molar-refractivity contribution in [3.63, 3.8) is 0 Å². The van der Waals surface area contributed by atoms with Gasteiger partial charge in [0.25, 0.3) is 5.91 Å². The number of hydrogen-bond donors (Lipinski definition) is 2. The predicted octanol–water partition coefficient (Wildman–Crippen LogP) is 5.56. The lowest BCUT2D eigenvalue weighted by Crippen LogP contribution is -2.51. The molecule has 2 aromatic rings. The molecule has 0 bridgehead atoms. The highest BCUT2D eigenvalue weighted by atomic mass is 35.5. The van der Waals surface area contributed by atoms with Crippen LogP contribution in [0.5, 0.6) is 0 Å². The number of halogens is 1. The molecule has 2 aromatic carbocycles. The van der Waals surface area contributed by atoms with E-state index >= 15 is 0 Å². The first-order chi connectivity index (χ1) is 16.4. The summed E-state index contributed by atoms with van der Waals surface area (Å²) in [5, 5.41) is 5.85. The van der Waals surface area contributed by atoms with Crippen LogP contribution in [0.15, 0.2) is 55.1 Å². The maximum Gasteiger partial charge on any atom is 0.408 e. The van der Waals surface area contributed by atoms with E-state index in [4.69, 9.17) is 16.3 Å². The maximum atomic E-state index is 13.7. The molecule has 7 nitrogen and oxygen atoms in total. The number of amides is 3. The van der Waals surface area contributed by atoms with Gasteiger partial charge >= 0.3 is 6.09 Å². The zero-order valence-corrected chi connectivity index (χ0v) is 21.9. The van der Waals surface area contributed by atoms with E-state index in [0.717, 1.165) is 11.1 Å². The Morgan fingerprint density at radius 2 is 1.71 bits per heavy atom. The fourth-order valence-electron chi connectivity index (χ4n) is 3.58. The molecule has 0 fully saturated rings. The van der Waals surface area contributed by atoms with Crippen molar-refractivity contribution in [3.8, 4) is 0 Å². The van der Waals surface area contributed by atoms with Crippen LogP contribution in [0.4, 0.5) is 10.5 Å². The molecule has 0 aliphatic carbocycles. The van der Waals surface area contributed by atoms with E-state index in [9.17, 15) is 14.4 Å². The molecule has 0 saturated heterocycles. The normalized spacial score (nSPS) is 12.8. The molecule has 0 heterocycles. The molecule has 3 amide bonds. The van der Waals surface area contributed by atoms with Crippen LogP contribution in [0, 0.1) is 13.8 Å². The summed E-state index contributed by atoms with van der Waals surface area (Å²) in [6.45, 7) is 14.3. The second kappa shape index (κ2) is 11.9. The third kappa shape index (κ3) is 7.59. The van der Waals surface area contributed by atoms with Crippen LogP contribution in [0.25, 0.3) is 0 Å². The Hall–Kier alpha value is -3.32. The zero-order valence-electron chi connectivity index (χ0n) is 21.1. The Morgan fingerprint density at radius 3 is 2.29 bits per heavy atom. The number of anilines is 1. The Balaban J connectivity index is 2.46. The number of rotatable bonds is 8. The quantitative estimate of drug-likeness (QED) is 0.465. The third-order valence-corrected chi connectivity index (χ3v) is 5.54.